The molecule has 4 rings (SSSR count). The van der Waals surface area contributed by atoms with E-state index >= 15 is 0 Å². The van der Waals surface area contributed by atoms with Crippen molar-refractivity contribution in [3.05, 3.63) is 47.4 Å². The summed E-state index contributed by atoms with van der Waals surface area (Å²) in [6.07, 6.45) is 5.32. The van der Waals surface area contributed by atoms with E-state index in [4.69, 9.17) is 4.74 Å². The van der Waals surface area contributed by atoms with Gasteiger partial charge in [-0.15, -0.1) is 0 Å². The van der Waals surface area contributed by atoms with Gasteiger partial charge >= 0.3 is 0 Å². The summed E-state index contributed by atoms with van der Waals surface area (Å²) >= 11 is 0. The van der Waals surface area contributed by atoms with E-state index in [-0.39, 0.29) is 0 Å². The second-order valence-corrected chi connectivity index (χ2v) is 5.71. The lowest BCUT2D eigenvalue weighted by Crippen LogP contribution is -2.08. The van der Waals surface area contributed by atoms with E-state index in [1.54, 1.807) is 7.11 Å². The number of ether oxygens (including phenoxy) is 1. The van der Waals surface area contributed by atoms with E-state index in [1.165, 1.54) is 24.0 Å². The van der Waals surface area contributed by atoms with Crippen molar-refractivity contribution in [2.75, 3.05) is 19.0 Å². The molecule has 4 heteroatoms. The lowest BCUT2D eigenvalue weighted by atomic mass is 10.0. The zero-order valence-electron chi connectivity index (χ0n) is 11.5. The Bertz CT molecular complexity index is 647. The summed E-state index contributed by atoms with van der Waals surface area (Å²) in [6, 6.07) is 8.07. The third-order valence-electron chi connectivity index (χ3n) is 4.38. The Kier molecular flexibility index (Phi) is 2.46. The molecule has 102 valence electrons. The maximum atomic E-state index is 5.17. The van der Waals surface area contributed by atoms with Crippen molar-refractivity contribution in [1.82, 2.24) is 9.97 Å². The summed E-state index contributed by atoms with van der Waals surface area (Å²) in [5.41, 5.74) is 2.88. The van der Waals surface area contributed by atoms with Crippen LogP contribution in [0.3, 0.4) is 0 Å². The molecule has 0 atom stereocenters. The largest absolute Gasteiger partial charge is 0.497 e. The van der Waals surface area contributed by atoms with E-state index in [0.717, 1.165) is 30.4 Å². The molecule has 2 heterocycles. The smallest absolute Gasteiger partial charge is 0.135 e. The molecule has 1 aliphatic carbocycles. The SMILES string of the molecule is COc1ccc(Cc2ncc3c(n2)NCC32CC2)cc1. The molecule has 0 saturated heterocycles. The van der Waals surface area contributed by atoms with Gasteiger partial charge in [0, 0.05) is 30.1 Å². The fourth-order valence-electron chi connectivity index (χ4n) is 2.90. The number of nitrogens with zero attached hydrogens (tertiary/aromatic N) is 2. The van der Waals surface area contributed by atoms with Gasteiger partial charge in [0.25, 0.3) is 0 Å². The van der Waals surface area contributed by atoms with Crippen molar-refractivity contribution in [2.24, 2.45) is 0 Å². The molecule has 0 amide bonds. The molecule has 1 aromatic heterocycles. The van der Waals surface area contributed by atoms with E-state index in [2.05, 4.69) is 27.4 Å². The number of hydrogen-bond acceptors (Lipinski definition) is 4. The van der Waals surface area contributed by atoms with Gasteiger partial charge in [-0.1, -0.05) is 12.1 Å². The van der Waals surface area contributed by atoms with Crippen LogP contribution in [0.1, 0.15) is 29.8 Å². The van der Waals surface area contributed by atoms with Crippen LogP contribution in [0.4, 0.5) is 5.82 Å². The van der Waals surface area contributed by atoms with Crippen LogP contribution in [0.5, 0.6) is 5.75 Å². The first-order chi connectivity index (χ1) is 9.79. The van der Waals surface area contributed by atoms with Crippen molar-refractivity contribution < 1.29 is 4.74 Å². The number of nitrogens with one attached hydrogen (secondary N) is 1. The maximum absolute atomic E-state index is 5.17. The van der Waals surface area contributed by atoms with Crippen molar-refractivity contribution in [3.8, 4) is 5.75 Å². The Morgan fingerprint density at radius 1 is 1.25 bits per heavy atom. The highest BCUT2D eigenvalue weighted by molar-refractivity contribution is 5.57. The van der Waals surface area contributed by atoms with E-state index < -0.39 is 0 Å². The minimum Gasteiger partial charge on any atom is -0.497 e. The summed E-state index contributed by atoms with van der Waals surface area (Å²) in [4.78, 5) is 9.21. The van der Waals surface area contributed by atoms with Crippen LogP contribution in [0.2, 0.25) is 0 Å². The van der Waals surface area contributed by atoms with Gasteiger partial charge in [0.05, 0.1) is 7.11 Å². The predicted molar refractivity (Wildman–Crippen MR) is 77.2 cm³/mol. The molecule has 0 bridgehead atoms. The summed E-state index contributed by atoms with van der Waals surface area (Å²) in [7, 11) is 1.68. The number of benzene rings is 1. The van der Waals surface area contributed by atoms with Gasteiger partial charge in [0.1, 0.15) is 17.4 Å². The zero-order chi connectivity index (χ0) is 13.6. The summed E-state index contributed by atoms with van der Waals surface area (Å²) in [5, 5.41) is 3.43. The Labute approximate surface area is 118 Å². The quantitative estimate of drug-likeness (QED) is 0.928. The van der Waals surface area contributed by atoms with Crippen LogP contribution in [-0.2, 0) is 11.8 Å². The summed E-state index contributed by atoms with van der Waals surface area (Å²) < 4.78 is 5.17. The number of rotatable bonds is 3. The first-order valence-corrected chi connectivity index (χ1v) is 7.02. The average molecular weight is 267 g/mol. The van der Waals surface area contributed by atoms with Crippen molar-refractivity contribution in [3.63, 3.8) is 0 Å². The van der Waals surface area contributed by atoms with Gasteiger partial charge in [-0.3, -0.25) is 0 Å². The van der Waals surface area contributed by atoms with Crippen LogP contribution >= 0.6 is 0 Å². The number of anilines is 1. The third kappa shape index (κ3) is 1.83. The second kappa shape index (κ2) is 4.20. The van der Waals surface area contributed by atoms with Gasteiger partial charge in [0.15, 0.2) is 0 Å². The topological polar surface area (TPSA) is 47.0 Å². The van der Waals surface area contributed by atoms with E-state index in [9.17, 15) is 0 Å². The lowest BCUT2D eigenvalue weighted by Gasteiger charge is -2.06. The highest BCUT2D eigenvalue weighted by atomic mass is 16.5. The van der Waals surface area contributed by atoms with E-state index in [0.29, 0.717) is 5.41 Å². The average Bonchev–Trinajstić information content (AvgIpc) is 3.18. The number of hydrogen-bond donors (Lipinski definition) is 1. The highest BCUT2D eigenvalue weighted by Crippen LogP contribution is 2.53. The molecule has 1 spiro atoms. The Morgan fingerprint density at radius 3 is 2.75 bits per heavy atom. The normalized spacial score (nSPS) is 17.6. The molecule has 1 saturated carbocycles. The summed E-state index contributed by atoms with van der Waals surface area (Å²) in [5.74, 6) is 2.79. The molecule has 1 N–H and O–H groups in total. The highest BCUT2D eigenvalue weighted by Gasteiger charge is 2.49. The molecule has 2 aliphatic rings. The molecule has 1 fully saturated rings. The van der Waals surface area contributed by atoms with Gasteiger partial charge < -0.3 is 10.1 Å². The Balaban J connectivity index is 1.57. The standard InChI is InChI=1S/C16H17N3O/c1-20-12-4-2-11(3-5-12)8-14-17-9-13-15(19-14)18-10-16(13)6-7-16/h2-5,9H,6-8,10H2,1H3,(H,17,18,19). The predicted octanol–water partition coefficient (Wildman–Crippen LogP) is 2.53. The van der Waals surface area contributed by atoms with Crippen molar-refractivity contribution in [2.45, 2.75) is 24.7 Å². The van der Waals surface area contributed by atoms with Gasteiger partial charge in [-0.2, -0.15) is 0 Å². The molecule has 2 aromatic rings. The molecule has 20 heavy (non-hydrogen) atoms. The number of fused-ring (bicyclic) bond motifs is 2. The molecule has 0 unspecified atom stereocenters. The van der Waals surface area contributed by atoms with E-state index in [1.807, 2.05) is 18.3 Å². The zero-order valence-corrected chi connectivity index (χ0v) is 11.5. The minimum absolute atomic E-state index is 0.369. The molecular weight excluding hydrogens is 250 g/mol. The molecule has 1 aromatic carbocycles. The Hall–Kier alpha value is -2.10. The number of methoxy groups -OCH3 is 1. The third-order valence-corrected chi connectivity index (χ3v) is 4.38. The van der Waals surface area contributed by atoms with Gasteiger partial charge in [-0.05, 0) is 30.5 Å². The van der Waals surface area contributed by atoms with Crippen molar-refractivity contribution >= 4 is 5.82 Å². The monoisotopic (exact) mass is 267 g/mol. The molecular formula is C16H17N3O. The van der Waals surface area contributed by atoms with Crippen LogP contribution in [-0.4, -0.2) is 23.6 Å². The van der Waals surface area contributed by atoms with Gasteiger partial charge in [0.2, 0.25) is 0 Å². The number of aromatic nitrogens is 2. The van der Waals surface area contributed by atoms with Crippen LogP contribution in [0, 0.1) is 0 Å². The maximum Gasteiger partial charge on any atom is 0.135 e. The summed E-state index contributed by atoms with van der Waals surface area (Å²) in [6.45, 7) is 1.03. The fourth-order valence-corrected chi connectivity index (χ4v) is 2.90. The lowest BCUT2D eigenvalue weighted by molar-refractivity contribution is 0.414. The van der Waals surface area contributed by atoms with Crippen LogP contribution < -0.4 is 10.1 Å². The van der Waals surface area contributed by atoms with Crippen LogP contribution in [0.15, 0.2) is 30.5 Å². The van der Waals surface area contributed by atoms with Crippen LogP contribution in [0.25, 0.3) is 0 Å². The fraction of sp³-hybridized carbons (Fsp3) is 0.375. The molecule has 4 nitrogen and oxygen atoms in total. The second-order valence-electron chi connectivity index (χ2n) is 5.71. The molecule has 1 aliphatic heterocycles. The first-order valence-electron chi connectivity index (χ1n) is 7.02. The molecule has 0 radical (unpaired) electrons. The van der Waals surface area contributed by atoms with Gasteiger partial charge in [-0.25, -0.2) is 9.97 Å². The minimum atomic E-state index is 0.369. The first kappa shape index (κ1) is 11.7. The van der Waals surface area contributed by atoms with Crippen molar-refractivity contribution in [1.29, 1.82) is 0 Å². The Morgan fingerprint density at radius 2 is 2.05 bits per heavy atom.